The Balaban J connectivity index is 1.93. The number of esters is 1. The first kappa shape index (κ1) is 15.9. The molecule has 1 aromatic carbocycles. The lowest BCUT2D eigenvalue weighted by molar-refractivity contribution is -0.119. The van der Waals surface area contributed by atoms with Crippen LogP contribution < -0.4 is 11.1 Å². The van der Waals surface area contributed by atoms with Crippen LogP contribution in [0.25, 0.3) is 0 Å². The molecule has 0 aliphatic carbocycles. The summed E-state index contributed by atoms with van der Waals surface area (Å²) < 4.78 is 5.60. The fourth-order valence-corrected chi connectivity index (χ4v) is 2.21. The van der Waals surface area contributed by atoms with Crippen LogP contribution in [-0.2, 0) is 9.53 Å². The molecule has 0 spiro atoms. The van der Waals surface area contributed by atoms with Gasteiger partial charge in [-0.15, -0.1) is 0 Å². The third kappa shape index (κ3) is 4.01. The highest BCUT2D eigenvalue weighted by Gasteiger charge is 2.15. The number of nitrogens with one attached hydrogen (secondary N) is 1. The second-order valence-corrected chi connectivity index (χ2v) is 5.25. The lowest BCUT2D eigenvalue weighted by Gasteiger charge is -2.09. The first-order chi connectivity index (χ1) is 10.5. The Morgan fingerprint density at radius 1 is 1.32 bits per heavy atom. The van der Waals surface area contributed by atoms with Crippen molar-refractivity contribution in [2.24, 2.45) is 0 Å². The van der Waals surface area contributed by atoms with E-state index in [1.54, 1.807) is 6.07 Å². The van der Waals surface area contributed by atoms with Crippen molar-refractivity contribution in [1.29, 1.82) is 0 Å². The van der Waals surface area contributed by atoms with Crippen LogP contribution in [0.5, 0.6) is 0 Å². The second kappa shape index (κ2) is 6.99. The largest absolute Gasteiger partial charge is 0.451 e. The van der Waals surface area contributed by atoms with Crippen LogP contribution >= 0.6 is 15.9 Å². The third-order valence-electron chi connectivity index (χ3n) is 2.65. The van der Waals surface area contributed by atoms with E-state index < -0.39 is 18.5 Å². The molecule has 0 atom stereocenters. The van der Waals surface area contributed by atoms with Crippen molar-refractivity contribution >= 4 is 39.3 Å². The summed E-state index contributed by atoms with van der Waals surface area (Å²) in [7, 11) is 0. The molecule has 114 valence electrons. The molecule has 0 fully saturated rings. The molecule has 0 saturated heterocycles. The smallest absolute Gasteiger partial charge is 0.361 e. The minimum atomic E-state index is -0.802. The van der Waals surface area contributed by atoms with E-state index in [9.17, 15) is 9.59 Å². The highest BCUT2D eigenvalue weighted by Crippen LogP contribution is 2.23. The van der Waals surface area contributed by atoms with Crippen LogP contribution in [0.1, 0.15) is 16.1 Å². The number of hydrogen-bond donors (Lipinski definition) is 2. The monoisotopic (exact) mass is 364 g/mol. The summed E-state index contributed by atoms with van der Waals surface area (Å²) in [6, 6.07) is 5.47. The van der Waals surface area contributed by atoms with Gasteiger partial charge in [-0.25, -0.2) is 14.8 Å². The van der Waals surface area contributed by atoms with E-state index in [-0.39, 0.29) is 11.5 Å². The maximum absolute atomic E-state index is 11.8. The van der Waals surface area contributed by atoms with E-state index in [0.29, 0.717) is 5.69 Å². The number of nitrogen functional groups attached to an aromatic ring is 1. The Morgan fingerprint density at radius 3 is 2.73 bits per heavy atom. The summed E-state index contributed by atoms with van der Waals surface area (Å²) in [4.78, 5) is 31.0. The van der Waals surface area contributed by atoms with Gasteiger partial charge in [0.1, 0.15) is 0 Å². The van der Waals surface area contributed by atoms with Gasteiger partial charge in [-0.1, -0.05) is 6.07 Å². The maximum Gasteiger partial charge on any atom is 0.361 e. The van der Waals surface area contributed by atoms with E-state index in [4.69, 9.17) is 10.5 Å². The predicted molar refractivity (Wildman–Crippen MR) is 84.2 cm³/mol. The van der Waals surface area contributed by atoms with Crippen LogP contribution in [0.3, 0.4) is 0 Å². The number of hydrogen-bond acceptors (Lipinski definition) is 6. The van der Waals surface area contributed by atoms with Gasteiger partial charge in [-0.3, -0.25) is 4.79 Å². The van der Waals surface area contributed by atoms with E-state index in [1.807, 2.05) is 19.1 Å². The number of ether oxygens (including phenoxy) is 1. The number of amides is 1. The van der Waals surface area contributed by atoms with Gasteiger partial charge < -0.3 is 15.8 Å². The average Bonchev–Trinajstić information content (AvgIpc) is 2.48. The fraction of sp³-hybridized carbons (Fsp3) is 0.143. The van der Waals surface area contributed by atoms with Gasteiger partial charge >= 0.3 is 5.97 Å². The highest BCUT2D eigenvalue weighted by atomic mass is 79.9. The minimum Gasteiger partial charge on any atom is -0.451 e. The van der Waals surface area contributed by atoms with Crippen LogP contribution in [0, 0.1) is 6.92 Å². The zero-order valence-corrected chi connectivity index (χ0v) is 13.3. The number of aryl methyl sites for hydroxylation is 1. The molecule has 7 nitrogen and oxygen atoms in total. The van der Waals surface area contributed by atoms with Gasteiger partial charge in [0.05, 0.1) is 5.69 Å². The summed E-state index contributed by atoms with van der Waals surface area (Å²) in [6.45, 7) is 1.48. The van der Waals surface area contributed by atoms with Crippen molar-refractivity contribution in [1.82, 2.24) is 9.97 Å². The molecule has 1 aromatic heterocycles. The van der Waals surface area contributed by atoms with Crippen molar-refractivity contribution in [2.75, 3.05) is 17.7 Å². The molecular weight excluding hydrogens is 352 g/mol. The molecule has 8 heteroatoms. The number of nitrogens with two attached hydrogens (primary N) is 1. The van der Waals surface area contributed by atoms with Gasteiger partial charge in [-0.2, -0.15) is 0 Å². The average molecular weight is 365 g/mol. The van der Waals surface area contributed by atoms with Crippen LogP contribution in [0.2, 0.25) is 0 Å². The van der Waals surface area contributed by atoms with Crippen molar-refractivity contribution in [3.8, 4) is 0 Å². The molecule has 2 aromatic rings. The summed E-state index contributed by atoms with van der Waals surface area (Å²) in [5.74, 6) is -1.32. The Bertz CT molecular complexity index is 721. The predicted octanol–water partition coefficient (Wildman–Crippen LogP) is 1.93. The zero-order valence-electron chi connectivity index (χ0n) is 11.7. The van der Waals surface area contributed by atoms with Gasteiger partial charge in [0.25, 0.3) is 5.91 Å². The van der Waals surface area contributed by atoms with Crippen LogP contribution in [0.15, 0.2) is 35.1 Å². The lowest BCUT2D eigenvalue weighted by Crippen LogP contribution is -2.22. The zero-order chi connectivity index (χ0) is 16.1. The molecule has 0 bridgehead atoms. The van der Waals surface area contributed by atoms with Gasteiger partial charge in [0.15, 0.2) is 18.1 Å². The number of aromatic nitrogens is 2. The molecule has 0 saturated carbocycles. The molecule has 1 amide bonds. The Hall–Kier alpha value is -2.48. The summed E-state index contributed by atoms with van der Waals surface area (Å²) in [5, 5.41) is 2.63. The molecule has 0 aliphatic rings. The quantitative estimate of drug-likeness (QED) is 0.802. The molecule has 2 rings (SSSR count). The molecule has 0 aliphatic heterocycles. The first-order valence-electron chi connectivity index (χ1n) is 6.27. The first-order valence-corrected chi connectivity index (χ1v) is 7.06. The Kier molecular flexibility index (Phi) is 5.05. The molecule has 3 N–H and O–H groups in total. The second-order valence-electron chi connectivity index (χ2n) is 4.40. The van der Waals surface area contributed by atoms with E-state index >= 15 is 0 Å². The van der Waals surface area contributed by atoms with Crippen LogP contribution in [-0.4, -0.2) is 28.5 Å². The number of carbonyl (C=O) groups is 2. The highest BCUT2D eigenvalue weighted by molar-refractivity contribution is 9.10. The number of anilines is 2. The summed E-state index contributed by atoms with van der Waals surface area (Å²) in [5.41, 5.74) is 7.02. The maximum atomic E-state index is 11.8. The van der Waals surface area contributed by atoms with Crippen molar-refractivity contribution < 1.29 is 14.3 Å². The lowest BCUT2D eigenvalue weighted by atomic mass is 10.2. The van der Waals surface area contributed by atoms with Crippen molar-refractivity contribution in [2.45, 2.75) is 6.92 Å². The van der Waals surface area contributed by atoms with Gasteiger partial charge in [-0.05, 0) is 40.5 Å². The Morgan fingerprint density at radius 2 is 2.05 bits per heavy atom. The normalized spacial score (nSPS) is 10.1. The van der Waals surface area contributed by atoms with Crippen LogP contribution in [0.4, 0.5) is 11.5 Å². The van der Waals surface area contributed by atoms with E-state index in [2.05, 4.69) is 31.2 Å². The number of benzene rings is 1. The van der Waals surface area contributed by atoms with E-state index in [1.165, 1.54) is 12.4 Å². The minimum absolute atomic E-state index is 0.0470. The summed E-state index contributed by atoms with van der Waals surface area (Å²) >= 11 is 3.34. The number of rotatable bonds is 4. The number of halogens is 1. The molecule has 22 heavy (non-hydrogen) atoms. The van der Waals surface area contributed by atoms with Crippen molar-refractivity contribution in [3.63, 3.8) is 0 Å². The topological polar surface area (TPSA) is 107 Å². The third-order valence-corrected chi connectivity index (χ3v) is 3.31. The molecule has 1 heterocycles. The SMILES string of the molecule is Cc1ccc(NC(=O)COC(=O)c2nccnc2N)c(Br)c1. The Labute approximate surface area is 135 Å². The molecular formula is C14H13BrN4O3. The van der Waals surface area contributed by atoms with Crippen molar-refractivity contribution in [3.05, 3.63) is 46.3 Å². The van der Waals surface area contributed by atoms with Gasteiger partial charge in [0, 0.05) is 16.9 Å². The molecule has 0 radical (unpaired) electrons. The van der Waals surface area contributed by atoms with E-state index in [0.717, 1.165) is 10.0 Å². The van der Waals surface area contributed by atoms with Gasteiger partial charge in [0.2, 0.25) is 0 Å². The standard InChI is InChI=1S/C14H13BrN4O3/c1-8-2-3-10(9(15)6-8)19-11(20)7-22-14(21)12-13(16)18-5-4-17-12/h2-6H,7H2,1H3,(H2,16,18)(H,19,20). The summed E-state index contributed by atoms with van der Waals surface area (Å²) in [6.07, 6.45) is 2.67. The number of carbonyl (C=O) groups excluding carboxylic acids is 2. The molecule has 0 unspecified atom stereocenters. The fourth-order valence-electron chi connectivity index (χ4n) is 1.61. The number of nitrogens with zero attached hydrogens (tertiary/aromatic N) is 2.